The third-order valence-electron chi connectivity index (χ3n) is 8.41. The Morgan fingerprint density at radius 2 is 1.86 bits per heavy atom. The molecule has 3 aromatic heterocycles. The molecule has 1 aliphatic heterocycles. The standard InChI is InChI=1S/C36H45N7O4S2Si/c1-7-46-34(44)31-33(42-18-17-27(22-42)47-23-26-13-9-8-10-14-26)49-35(37-31)41(3)30-21-25(2)32(40-39-30)38-36-43(24-45-19-20-50(4,5)6)28-15-11-12-16-29(28)48-36/h8-16,21,27H,7,17-20,22-24H2,1-6H3/b38-36-/t27-/m1/s1. The first-order chi connectivity index (χ1) is 24.1. The van der Waals surface area contributed by atoms with Gasteiger partial charge in [0.25, 0.3) is 0 Å². The lowest BCUT2D eigenvalue weighted by Gasteiger charge is -2.18. The molecule has 0 bridgehead atoms. The highest BCUT2D eigenvalue weighted by Crippen LogP contribution is 2.38. The minimum absolute atomic E-state index is 0.0506. The van der Waals surface area contributed by atoms with Gasteiger partial charge in [0.05, 0.1) is 29.5 Å². The molecule has 0 N–H and O–H groups in total. The maximum Gasteiger partial charge on any atom is 0.360 e. The van der Waals surface area contributed by atoms with Crippen molar-refractivity contribution in [3.8, 4) is 0 Å². The number of aromatic nitrogens is 4. The van der Waals surface area contributed by atoms with Crippen LogP contribution in [0.1, 0.15) is 35.0 Å². The fraction of sp³-hybridized carbons (Fsp3) is 0.417. The van der Waals surface area contributed by atoms with Gasteiger partial charge in [0.2, 0.25) is 0 Å². The molecule has 5 aromatic rings. The summed E-state index contributed by atoms with van der Waals surface area (Å²) in [4.78, 5) is 27.6. The number of para-hydroxylation sites is 1. The molecular weight excluding hydrogens is 687 g/mol. The van der Waals surface area contributed by atoms with Crippen LogP contribution in [0.3, 0.4) is 0 Å². The second kappa shape index (κ2) is 15.9. The highest BCUT2D eigenvalue weighted by atomic mass is 32.1. The first kappa shape index (κ1) is 35.9. The summed E-state index contributed by atoms with van der Waals surface area (Å²) >= 11 is 3.04. The van der Waals surface area contributed by atoms with Gasteiger partial charge in [-0.25, -0.2) is 9.78 Å². The molecule has 264 valence electrons. The summed E-state index contributed by atoms with van der Waals surface area (Å²) in [5.74, 6) is 0.696. The number of anilines is 3. The fourth-order valence-corrected chi connectivity index (χ4v) is 8.36. The van der Waals surface area contributed by atoms with Crippen LogP contribution in [0.15, 0.2) is 65.7 Å². The number of hydrogen-bond acceptors (Lipinski definition) is 12. The van der Waals surface area contributed by atoms with Crippen molar-refractivity contribution in [2.45, 2.75) is 65.4 Å². The molecule has 0 radical (unpaired) electrons. The highest BCUT2D eigenvalue weighted by molar-refractivity contribution is 7.20. The predicted molar refractivity (Wildman–Crippen MR) is 204 cm³/mol. The van der Waals surface area contributed by atoms with Crippen LogP contribution in [-0.2, 0) is 27.5 Å². The Morgan fingerprint density at radius 3 is 2.62 bits per heavy atom. The Hall–Kier alpha value is -3.95. The first-order valence-corrected chi connectivity index (χ1v) is 22.3. The zero-order chi connectivity index (χ0) is 35.3. The molecule has 1 atom stereocenters. The molecule has 4 heterocycles. The van der Waals surface area contributed by atoms with Crippen molar-refractivity contribution in [1.82, 2.24) is 19.7 Å². The topological polar surface area (TPSA) is 107 Å². The number of carbonyl (C=O) groups excluding carboxylic acids is 1. The van der Waals surface area contributed by atoms with Crippen molar-refractivity contribution in [1.29, 1.82) is 0 Å². The van der Waals surface area contributed by atoms with Gasteiger partial charge in [0.15, 0.2) is 27.3 Å². The van der Waals surface area contributed by atoms with Crippen molar-refractivity contribution >= 4 is 68.7 Å². The number of esters is 1. The lowest BCUT2D eigenvalue weighted by Crippen LogP contribution is -2.24. The van der Waals surface area contributed by atoms with E-state index in [-0.39, 0.29) is 12.7 Å². The zero-order valence-electron chi connectivity index (χ0n) is 29.6. The third kappa shape index (κ3) is 8.67. The monoisotopic (exact) mass is 731 g/mol. The number of rotatable bonds is 14. The van der Waals surface area contributed by atoms with E-state index in [9.17, 15) is 4.79 Å². The van der Waals surface area contributed by atoms with Gasteiger partial charge in [0, 0.05) is 34.8 Å². The summed E-state index contributed by atoms with van der Waals surface area (Å²) in [6, 6.07) is 21.5. The van der Waals surface area contributed by atoms with Crippen molar-refractivity contribution < 1.29 is 19.0 Å². The van der Waals surface area contributed by atoms with Crippen LogP contribution in [0.25, 0.3) is 10.2 Å². The average molecular weight is 732 g/mol. The number of aryl methyl sites for hydroxylation is 1. The van der Waals surface area contributed by atoms with Crippen LogP contribution in [0.5, 0.6) is 0 Å². The molecule has 2 aromatic carbocycles. The van der Waals surface area contributed by atoms with Gasteiger partial charge in [0.1, 0.15) is 11.7 Å². The molecule has 0 unspecified atom stereocenters. The Balaban J connectivity index is 1.22. The Labute approximate surface area is 302 Å². The lowest BCUT2D eigenvalue weighted by molar-refractivity contribution is 0.0518. The van der Waals surface area contributed by atoms with Crippen molar-refractivity contribution in [2.24, 2.45) is 4.99 Å². The maximum atomic E-state index is 13.1. The van der Waals surface area contributed by atoms with Gasteiger partial charge in [-0.05, 0) is 55.6 Å². The summed E-state index contributed by atoms with van der Waals surface area (Å²) in [5.41, 5.74) is 3.39. The molecule has 0 saturated carbocycles. The van der Waals surface area contributed by atoms with E-state index in [1.165, 1.54) is 11.3 Å². The van der Waals surface area contributed by atoms with Gasteiger partial charge >= 0.3 is 5.97 Å². The minimum Gasteiger partial charge on any atom is -0.461 e. The number of ether oxygens (including phenoxy) is 3. The number of fused-ring (bicyclic) bond motifs is 1. The number of carbonyl (C=O) groups is 1. The maximum absolute atomic E-state index is 13.1. The smallest absolute Gasteiger partial charge is 0.360 e. The second-order valence-corrected chi connectivity index (χ2v) is 21.1. The molecule has 50 heavy (non-hydrogen) atoms. The van der Waals surface area contributed by atoms with Gasteiger partial charge in [-0.1, -0.05) is 84.8 Å². The molecule has 11 nitrogen and oxygen atoms in total. The highest BCUT2D eigenvalue weighted by Gasteiger charge is 2.31. The molecule has 0 spiro atoms. The van der Waals surface area contributed by atoms with E-state index < -0.39 is 14.0 Å². The number of thiazole rings is 2. The van der Waals surface area contributed by atoms with Crippen LogP contribution in [0.4, 0.5) is 21.8 Å². The van der Waals surface area contributed by atoms with Crippen LogP contribution in [-0.4, -0.2) is 73.2 Å². The van der Waals surface area contributed by atoms with E-state index in [1.807, 2.05) is 55.3 Å². The van der Waals surface area contributed by atoms with E-state index in [1.54, 1.807) is 18.3 Å². The van der Waals surface area contributed by atoms with Gasteiger partial charge in [-0.15, -0.1) is 10.2 Å². The molecular formula is C36H45N7O4S2Si. The summed E-state index contributed by atoms with van der Waals surface area (Å²) in [5, 5.41) is 10.5. The summed E-state index contributed by atoms with van der Waals surface area (Å²) < 4.78 is 21.0. The molecule has 1 aliphatic rings. The van der Waals surface area contributed by atoms with Crippen molar-refractivity contribution in [2.75, 3.05) is 43.2 Å². The Bertz CT molecular complexity index is 1990. The molecule has 1 saturated heterocycles. The van der Waals surface area contributed by atoms with Crippen LogP contribution in [0, 0.1) is 6.92 Å². The summed E-state index contributed by atoms with van der Waals surface area (Å²) in [6.45, 7) is 14.2. The van der Waals surface area contributed by atoms with Gasteiger partial charge < -0.3 is 24.0 Å². The molecule has 1 fully saturated rings. The van der Waals surface area contributed by atoms with E-state index >= 15 is 0 Å². The van der Waals surface area contributed by atoms with Crippen molar-refractivity contribution in [3.63, 3.8) is 0 Å². The first-order valence-electron chi connectivity index (χ1n) is 17.0. The molecule has 0 amide bonds. The van der Waals surface area contributed by atoms with Gasteiger partial charge in [-0.2, -0.15) is 4.99 Å². The molecule has 14 heteroatoms. The van der Waals surface area contributed by atoms with Crippen LogP contribution < -0.4 is 14.6 Å². The summed E-state index contributed by atoms with van der Waals surface area (Å²) in [7, 11) is 0.679. The van der Waals surface area contributed by atoms with E-state index in [0.717, 1.165) is 56.8 Å². The van der Waals surface area contributed by atoms with Gasteiger partial charge in [-0.3, -0.25) is 4.57 Å². The largest absolute Gasteiger partial charge is 0.461 e. The predicted octanol–water partition coefficient (Wildman–Crippen LogP) is 7.54. The lowest BCUT2D eigenvalue weighted by atomic mass is 10.2. The van der Waals surface area contributed by atoms with E-state index in [0.29, 0.717) is 42.3 Å². The number of benzene rings is 2. The number of nitrogens with zero attached hydrogens (tertiary/aromatic N) is 7. The van der Waals surface area contributed by atoms with Crippen LogP contribution >= 0.6 is 22.7 Å². The SMILES string of the molecule is CCOC(=O)c1nc(N(C)c2cc(C)c(/N=c3\sc4ccccc4n3COCC[Si](C)(C)C)nn2)sc1N1CC[C@@H](OCc2ccccc2)C1. The minimum atomic E-state index is -1.20. The molecule has 6 rings (SSSR count). The second-order valence-electron chi connectivity index (χ2n) is 13.5. The van der Waals surface area contributed by atoms with Crippen LogP contribution in [0.2, 0.25) is 25.7 Å². The average Bonchev–Trinajstić information content (AvgIpc) is 3.84. The Morgan fingerprint density at radius 1 is 1.08 bits per heavy atom. The van der Waals surface area contributed by atoms with Crippen molar-refractivity contribution in [3.05, 3.63) is 82.3 Å². The summed E-state index contributed by atoms with van der Waals surface area (Å²) in [6.07, 6.45) is 0.910. The van der Waals surface area contributed by atoms with E-state index in [4.69, 9.17) is 24.2 Å². The fourth-order valence-electron chi connectivity index (χ4n) is 5.52. The quantitative estimate of drug-likeness (QED) is 0.0651. The van der Waals surface area contributed by atoms with E-state index in [2.05, 4.69) is 63.6 Å². The Kier molecular flexibility index (Phi) is 11.4. The molecule has 0 aliphatic carbocycles. The third-order valence-corrected chi connectivity index (χ3v) is 12.4. The normalized spacial score (nSPS) is 15.3. The zero-order valence-corrected chi connectivity index (χ0v) is 32.2. The number of hydrogen-bond donors (Lipinski definition) is 0.